The Morgan fingerprint density at radius 1 is 1.04 bits per heavy atom. The third kappa shape index (κ3) is 6.13. The van der Waals surface area contributed by atoms with Crippen molar-refractivity contribution < 1.29 is 19.1 Å². The third-order valence-electron chi connectivity index (χ3n) is 4.85. The van der Waals surface area contributed by atoms with Gasteiger partial charge in [-0.15, -0.1) is 0 Å². The first-order valence-electron chi connectivity index (χ1n) is 9.16. The molecule has 0 heterocycles. The number of methoxy groups -OCH3 is 1. The van der Waals surface area contributed by atoms with Gasteiger partial charge in [0.05, 0.1) is 13.5 Å². The number of ether oxygens (including phenoxy) is 1. The van der Waals surface area contributed by atoms with Gasteiger partial charge in [-0.3, -0.25) is 14.4 Å². The molecule has 1 aliphatic rings. The Morgan fingerprint density at radius 2 is 1.69 bits per heavy atom. The van der Waals surface area contributed by atoms with Crippen LogP contribution in [0.15, 0.2) is 24.3 Å². The van der Waals surface area contributed by atoms with E-state index in [-0.39, 0.29) is 43.0 Å². The topological polar surface area (TPSA) is 63.7 Å². The number of hydrogen-bond acceptors (Lipinski definition) is 4. The number of nitrogens with zero attached hydrogens (tertiary/aromatic N) is 1. The van der Waals surface area contributed by atoms with Gasteiger partial charge in [-0.25, -0.2) is 0 Å². The highest BCUT2D eigenvalue weighted by Gasteiger charge is 2.26. The summed E-state index contributed by atoms with van der Waals surface area (Å²) in [6.07, 6.45) is 5.78. The quantitative estimate of drug-likeness (QED) is 0.505. The molecule has 5 nitrogen and oxygen atoms in total. The largest absolute Gasteiger partial charge is 0.469 e. The van der Waals surface area contributed by atoms with Crippen LogP contribution in [0, 0.1) is 0 Å². The summed E-state index contributed by atoms with van der Waals surface area (Å²) < 4.78 is 4.69. The maximum absolute atomic E-state index is 12.7. The first-order chi connectivity index (χ1) is 12.5. The summed E-state index contributed by atoms with van der Waals surface area (Å²) in [5.41, 5.74) is 0.556. The fourth-order valence-corrected chi connectivity index (χ4v) is 3.49. The molecule has 26 heavy (non-hydrogen) atoms. The van der Waals surface area contributed by atoms with Crippen molar-refractivity contribution in [1.82, 2.24) is 4.90 Å². The molecule has 0 atom stereocenters. The molecular weight excluding hydrogens is 354 g/mol. The molecule has 0 radical (unpaired) electrons. The summed E-state index contributed by atoms with van der Waals surface area (Å²) in [6, 6.07) is 6.84. The van der Waals surface area contributed by atoms with E-state index < -0.39 is 0 Å². The van der Waals surface area contributed by atoms with Crippen LogP contribution in [-0.4, -0.2) is 42.3 Å². The molecule has 0 bridgehead atoms. The number of esters is 1. The SMILES string of the molecule is COC(=O)CCN(C(=O)CCC(=O)c1ccc(Cl)cc1)C1CCCCC1. The van der Waals surface area contributed by atoms with Gasteiger partial charge in [0.2, 0.25) is 5.91 Å². The van der Waals surface area contributed by atoms with Gasteiger partial charge in [0, 0.05) is 36.0 Å². The lowest BCUT2D eigenvalue weighted by molar-refractivity contribution is -0.142. The van der Waals surface area contributed by atoms with E-state index >= 15 is 0 Å². The van der Waals surface area contributed by atoms with E-state index in [1.54, 1.807) is 29.2 Å². The Bertz CT molecular complexity index is 623. The van der Waals surface area contributed by atoms with Gasteiger partial charge < -0.3 is 9.64 Å². The van der Waals surface area contributed by atoms with Crippen LogP contribution in [0.4, 0.5) is 0 Å². The first kappa shape index (κ1) is 20.4. The Kier molecular flexibility index (Phi) is 8.10. The van der Waals surface area contributed by atoms with Gasteiger partial charge in [0.25, 0.3) is 0 Å². The molecule has 0 unspecified atom stereocenters. The molecule has 2 rings (SSSR count). The lowest BCUT2D eigenvalue weighted by atomic mass is 9.93. The molecule has 1 saturated carbocycles. The van der Waals surface area contributed by atoms with Crippen molar-refractivity contribution in [2.45, 2.75) is 57.4 Å². The highest BCUT2D eigenvalue weighted by molar-refractivity contribution is 6.30. The van der Waals surface area contributed by atoms with Crippen molar-refractivity contribution in [2.24, 2.45) is 0 Å². The Balaban J connectivity index is 1.94. The Hall–Kier alpha value is -1.88. The number of benzene rings is 1. The number of carbonyl (C=O) groups excluding carboxylic acids is 3. The highest BCUT2D eigenvalue weighted by Crippen LogP contribution is 2.24. The zero-order chi connectivity index (χ0) is 18.9. The second-order valence-electron chi connectivity index (χ2n) is 6.64. The molecule has 1 aromatic rings. The van der Waals surface area contributed by atoms with Crippen molar-refractivity contribution >= 4 is 29.3 Å². The minimum atomic E-state index is -0.323. The molecule has 0 spiro atoms. The van der Waals surface area contributed by atoms with Crippen molar-refractivity contribution in [3.05, 3.63) is 34.9 Å². The summed E-state index contributed by atoms with van der Waals surface area (Å²) in [4.78, 5) is 38.3. The molecule has 0 saturated heterocycles. The summed E-state index contributed by atoms with van der Waals surface area (Å²) >= 11 is 5.83. The normalized spacial score (nSPS) is 14.7. The zero-order valence-corrected chi connectivity index (χ0v) is 16.0. The lowest BCUT2D eigenvalue weighted by Crippen LogP contribution is -2.42. The van der Waals surface area contributed by atoms with Crippen molar-refractivity contribution in [1.29, 1.82) is 0 Å². The number of carbonyl (C=O) groups is 3. The highest BCUT2D eigenvalue weighted by atomic mass is 35.5. The Labute approximate surface area is 159 Å². The predicted octanol–water partition coefficient (Wildman–Crippen LogP) is 4.03. The fraction of sp³-hybridized carbons (Fsp3) is 0.550. The van der Waals surface area contributed by atoms with E-state index in [1.165, 1.54) is 13.5 Å². The smallest absolute Gasteiger partial charge is 0.307 e. The van der Waals surface area contributed by atoms with Gasteiger partial charge in [-0.1, -0.05) is 30.9 Å². The minimum absolute atomic E-state index is 0.0666. The molecule has 1 aliphatic carbocycles. The van der Waals surface area contributed by atoms with Crippen molar-refractivity contribution in [2.75, 3.05) is 13.7 Å². The fourth-order valence-electron chi connectivity index (χ4n) is 3.36. The van der Waals surface area contributed by atoms with E-state index in [0.29, 0.717) is 17.1 Å². The second-order valence-corrected chi connectivity index (χ2v) is 7.07. The van der Waals surface area contributed by atoms with Gasteiger partial charge in [0.15, 0.2) is 5.78 Å². The number of halogens is 1. The third-order valence-corrected chi connectivity index (χ3v) is 5.10. The van der Waals surface area contributed by atoms with Gasteiger partial charge in [-0.05, 0) is 37.1 Å². The molecule has 6 heteroatoms. The van der Waals surface area contributed by atoms with Crippen LogP contribution in [0.25, 0.3) is 0 Å². The van der Waals surface area contributed by atoms with E-state index in [2.05, 4.69) is 0 Å². The maximum atomic E-state index is 12.7. The van der Waals surface area contributed by atoms with E-state index in [1.807, 2.05) is 0 Å². The molecule has 1 fully saturated rings. The maximum Gasteiger partial charge on any atom is 0.307 e. The number of amides is 1. The molecular formula is C20H26ClNO4. The molecule has 0 aromatic heterocycles. The second kappa shape index (κ2) is 10.3. The van der Waals surface area contributed by atoms with Crippen molar-refractivity contribution in [3.8, 4) is 0 Å². The van der Waals surface area contributed by atoms with Crippen molar-refractivity contribution in [3.63, 3.8) is 0 Å². The average Bonchev–Trinajstić information content (AvgIpc) is 2.67. The lowest BCUT2D eigenvalue weighted by Gasteiger charge is -2.34. The standard InChI is InChI=1S/C20H26ClNO4/c1-26-20(25)13-14-22(17-5-3-2-4-6-17)19(24)12-11-18(23)15-7-9-16(21)10-8-15/h7-10,17H,2-6,11-14H2,1H3. The zero-order valence-electron chi connectivity index (χ0n) is 15.2. The van der Waals surface area contributed by atoms with Gasteiger partial charge >= 0.3 is 5.97 Å². The van der Waals surface area contributed by atoms with Crippen LogP contribution in [0.2, 0.25) is 5.02 Å². The molecule has 1 amide bonds. The summed E-state index contributed by atoms with van der Waals surface area (Å²) in [5.74, 6) is -0.467. The number of hydrogen-bond donors (Lipinski definition) is 0. The van der Waals surface area contributed by atoms with Crippen LogP contribution in [0.5, 0.6) is 0 Å². The number of ketones is 1. The van der Waals surface area contributed by atoms with E-state index in [4.69, 9.17) is 16.3 Å². The minimum Gasteiger partial charge on any atom is -0.469 e. The van der Waals surface area contributed by atoms with Crippen LogP contribution >= 0.6 is 11.6 Å². The van der Waals surface area contributed by atoms with E-state index in [0.717, 1.165) is 25.7 Å². The number of Topliss-reactive ketones (excluding diaryl/α,β-unsaturated/α-hetero) is 1. The van der Waals surface area contributed by atoms with Crippen LogP contribution in [0.1, 0.15) is 61.7 Å². The monoisotopic (exact) mass is 379 g/mol. The summed E-state index contributed by atoms with van der Waals surface area (Å²) in [7, 11) is 1.35. The van der Waals surface area contributed by atoms with Crippen LogP contribution in [0.3, 0.4) is 0 Å². The van der Waals surface area contributed by atoms with E-state index in [9.17, 15) is 14.4 Å². The van der Waals surface area contributed by atoms with Crippen LogP contribution in [-0.2, 0) is 14.3 Å². The van der Waals surface area contributed by atoms with Crippen LogP contribution < -0.4 is 0 Å². The summed E-state index contributed by atoms with van der Waals surface area (Å²) in [5, 5.41) is 0.573. The Morgan fingerprint density at radius 3 is 2.31 bits per heavy atom. The first-order valence-corrected chi connectivity index (χ1v) is 9.54. The summed E-state index contributed by atoms with van der Waals surface area (Å²) in [6.45, 7) is 0.352. The molecule has 142 valence electrons. The molecule has 0 N–H and O–H groups in total. The predicted molar refractivity (Wildman–Crippen MR) is 100 cm³/mol. The van der Waals surface area contributed by atoms with Gasteiger partial charge in [0.1, 0.15) is 0 Å². The molecule has 1 aromatic carbocycles. The van der Waals surface area contributed by atoms with Gasteiger partial charge in [-0.2, -0.15) is 0 Å². The number of rotatable bonds is 8. The average molecular weight is 380 g/mol. The molecule has 0 aliphatic heterocycles.